The zero-order valence-electron chi connectivity index (χ0n) is 16.2. The molecule has 0 bridgehead atoms. The van der Waals surface area contributed by atoms with Crippen molar-refractivity contribution in [3.8, 4) is 0 Å². The van der Waals surface area contributed by atoms with Crippen molar-refractivity contribution in [2.24, 2.45) is 5.92 Å². The molecule has 3 rings (SSSR count). The van der Waals surface area contributed by atoms with Gasteiger partial charge in [-0.1, -0.05) is 110 Å². The van der Waals surface area contributed by atoms with Crippen molar-refractivity contribution in [2.75, 3.05) is 5.33 Å². The highest BCUT2D eigenvalue weighted by Crippen LogP contribution is 2.40. The van der Waals surface area contributed by atoms with Gasteiger partial charge in [0.05, 0.1) is 0 Å². The first kappa shape index (κ1) is 19.8. The normalized spacial score (nSPS) is 21.5. The average molecular weight is 431 g/mol. The molecule has 0 amide bonds. The van der Waals surface area contributed by atoms with E-state index in [0.717, 1.165) is 5.33 Å². The minimum Gasteiger partial charge on any atom is -0.404 e. The Morgan fingerprint density at radius 2 is 1.38 bits per heavy atom. The maximum Gasteiger partial charge on any atom is 0.261 e. The fourth-order valence-electron chi connectivity index (χ4n) is 4.42. The van der Waals surface area contributed by atoms with Crippen molar-refractivity contribution in [1.82, 2.24) is 0 Å². The third-order valence-electron chi connectivity index (χ3n) is 5.78. The molecule has 2 atom stereocenters. The van der Waals surface area contributed by atoms with E-state index in [0.29, 0.717) is 12.0 Å². The van der Waals surface area contributed by atoms with Crippen LogP contribution in [0.1, 0.15) is 46.5 Å². The molecule has 26 heavy (non-hydrogen) atoms. The highest BCUT2D eigenvalue weighted by molar-refractivity contribution is 9.09. The van der Waals surface area contributed by atoms with Crippen LogP contribution in [0.3, 0.4) is 0 Å². The number of hydrogen-bond acceptors (Lipinski definition) is 1. The summed E-state index contributed by atoms with van der Waals surface area (Å²) < 4.78 is 7.33. The van der Waals surface area contributed by atoms with Gasteiger partial charge in [-0.3, -0.25) is 0 Å². The first-order chi connectivity index (χ1) is 12.5. The van der Waals surface area contributed by atoms with E-state index in [2.05, 4.69) is 97.4 Å². The molecule has 0 heterocycles. The molecule has 2 aromatic rings. The molecule has 2 aromatic carbocycles. The second-order valence-corrected chi connectivity index (χ2v) is 13.4. The Balaban J connectivity index is 2.14. The van der Waals surface area contributed by atoms with Crippen LogP contribution in [0.25, 0.3) is 0 Å². The second-order valence-electron chi connectivity index (χ2n) is 8.52. The summed E-state index contributed by atoms with van der Waals surface area (Å²) in [5, 5.41) is 3.87. The maximum atomic E-state index is 7.33. The van der Waals surface area contributed by atoms with Gasteiger partial charge in [0.15, 0.2) is 0 Å². The first-order valence-electron chi connectivity index (χ1n) is 9.84. The summed E-state index contributed by atoms with van der Waals surface area (Å²) >= 11 is 3.76. The summed E-state index contributed by atoms with van der Waals surface area (Å²) in [6.07, 6.45) is 5.41. The second kappa shape index (κ2) is 8.41. The van der Waals surface area contributed by atoms with Gasteiger partial charge in [0.2, 0.25) is 0 Å². The highest BCUT2D eigenvalue weighted by atomic mass is 79.9. The summed E-state index contributed by atoms with van der Waals surface area (Å²) in [6.45, 7) is 7.10. The van der Waals surface area contributed by atoms with Gasteiger partial charge in [-0.15, -0.1) is 0 Å². The van der Waals surface area contributed by atoms with Crippen LogP contribution in [0.15, 0.2) is 60.7 Å². The van der Waals surface area contributed by atoms with E-state index < -0.39 is 8.32 Å². The summed E-state index contributed by atoms with van der Waals surface area (Å²) in [6, 6.07) is 22.0. The van der Waals surface area contributed by atoms with Crippen LogP contribution < -0.4 is 10.4 Å². The van der Waals surface area contributed by atoms with E-state index in [1.54, 1.807) is 0 Å². The highest BCUT2D eigenvalue weighted by Gasteiger charge is 2.52. The smallest absolute Gasteiger partial charge is 0.261 e. The van der Waals surface area contributed by atoms with Crippen LogP contribution in [0.4, 0.5) is 0 Å². The number of rotatable bonds is 5. The van der Waals surface area contributed by atoms with E-state index in [1.165, 1.54) is 36.1 Å². The van der Waals surface area contributed by atoms with Crippen molar-refractivity contribution < 1.29 is 4.43 Å². The predicted molar refractivity (Wildman–Crippen MR) is 118 cm³/mol. The lowest BCUT2D eigenvalue weighted by Gasteiger charge is -2.47. The molecule has 0 aromatic heterocycles. The van der Waals surface area contributed by atoms with Crippen LogP contribution in [0.5, 0.6) is 0 Å². The Labute approximate surface area is 168 Å². The lowest BCUT2D eigenvalue weighted by molar-refractivity contribution is 0.0955. The summed E-state index contributed by atoms with van der Waals surface area (Å²) in [4.78, 5) is 0. The number of hydrogen-bond donors (Lipinski definition) is 0. The van der Waals surface area contributed by atoms with Crippen LogP contribution >= 0.6 is 15.9 Å². The van der Waals surface area contributed by atoms with E-state index in [1.807, 2.05) is 0 Å². The molecule has 3 heteroatoms. The molecule has 0 radical (unpaired) electrons. The van der Waals surface area contributed by atoms with Crippen molar-refractivity contribution in [3.05, 3.63) is 60.7 Å². The van der Waals surface area contributed by atoms with Crippen LogP contribution in [0.2, 0.25) is 5.04 Å². The quantitative estimate of drug-likeness (QED) is 0.448. The van der Waals surface area contributed by atoms with E-state index in [9.17, 15) is 0 Å². The zero-order chi connectivity index (χ0) is 18.6. The summed E-state index contributed by atoms with van der Waals surface area (Å²) in [5.74, 6) is 0.616. The summed E-state index contributed by atoms with van der Waals surface area (Å²) in [5.41, 5.74) is 0. The molecule has 0 saturated heterocycles. The van der Waals surface area contributed by atoms with Gasteiger partial charge in [0.25, 0.3) is 8.32 Å². The van der Waals surface area contributed by atoms with Crippen LogP contribution in [-0.4, -0.2) is 19.8 Å². The fourth-order valence-corrected chi connectivity index (χ4v) is 9.94. The van der Waals surface area contributed by atoms with E-state index in [-0.39, 0.29) is 5.04 Å². The largest absolute Gasteiger partial charge is 0.404 e. The molecule has 1 aliphatic carbocycles. The molecule has 0 spiro atoms. The molecular formula is C23H31BrOSi. The minimum atomic E-state index is -2.42. The van der Waals surface area contributed by atoms with E-state index >= 15 is 0 Å². The standard InChI is InChI=1S/C23H31BrOSi/c1-23(2,3)26(20-13-6-4-7-14-20,21-15-8-5-9-16-21)25-22-17-11-10-12-19(22)18-24/h4-9,13-16,19,22H,10-12,17-18H2,1-3H3/t19-,22-/m0/s1. The van der Waals surface area contributed by atoms with E-state index in [4.69, 9.17) is 4.43 Å². The van der Waals surface area contributed by atoms with Crippen LogP contribution in [-0.2, 0) is 4.43 Å². The fraction of sp³-hybridized carbons (Fsp3) is 0.478. The van der Waals surface area contributed by atoms with Gasteiger partial charge in [0, 0.05) is 11.4 Å². The third kappa shape index (κ3) is 3.85. The molecule has 0 aliphatic heterocycles. The van der Waals surface area contributed by atoms with Crippen molar-refractivity contribution in [1.29, 1.82) is 0 Å². The molecule has 1 aliphatic rings. The third-order valence-corrected chi connectivity index (χ3v) is 11.7. The van der Waals surface area contributed by atoms with Gasteiger partial charge in [0.1, 0.15) is 0 Å². The number of halogens is 1. The van der Waals surface area contributed by atoms with Crippen molar-refractivity contribution >= 4 is 34.6 Å². The molecule has 140 valence electrons. The monoisotopic (exact) mass is 430 g/mol. The molecule has 1 saturated carbocycles. The molecule has 1 nitrogen and oxygen atoms in total. The van der Waals surface area contributed by atoms with Crippen molar-refractivity contribution in [2.45, 2.75) is 57.6 Å². The van der Waals surface area contributed by atoms with Crippen molar-refractivity contribution in [3.63, 3.8) is 0 Å². The SMILES string of the molecule is CC(C)(C)[Si](O[C@H]1CCCC[C@H]1CBr)(c1ccccc1)c1ccccc1. The van der Waals surface area contributed by atoms with Gasteiger partial charge in [-0.05, 0) is 34.2 Å². The molecule has 0 unspecified atom stereocenters. The zero-order valence-corrected chi connectivity index (χ0v) is 18.8. The Kier molecular flexibility index (Phi) is 6.42. The predicted octanol–water partition coefficient (Wildman–Crippen LogP) is 5.52. The topological polar surface area (TPSA) is 9.23 Å². The number of benzene rings is 2. The molecular weight excluding hydrogens is 400 g/mol. The molecule has 1 fully saturated rings. The first-order valence-corrected chi connectivity index (χ1v) is 12.9. The minimum absolute atomic E-state index is 0.0595. The Morgan fingerprint density at radius 1 is 0.885 bits per heavy atom. The lowest BCUT2D eigenvalue weighted by atomic mass is 9.88. The summed E-state index contributed by atoms with van der Waals surface area (Å²) in [7, 11) is -2.42. The number of alkyl halides is 1. The molecule has 0 N–H and O–H groups in total. The maximum absolute atomic E-state index is 7.33. The van der Waals surface area contributed by atoms with Crippen LogP contribution in [0, 0.1) is 5.92 Å². The Bertz CT molecular complexity index is 641. The van der Waals surface area contributed by atoms with Gasteiger partial charge in [-0.25, -0.2) is 0 Å². The van der Waals surface area contributed by atoms with Gasteiger partial charge in [-0.2, -0.15) is 0 Å². The lowest BCUT2D eigenvalue weighted by Crippen LogP contribution is -2.68. The van der Waals surface area contributed by atoms with Gasteiger partial charge >= 0.3 is 0 Å². The Morgan fingerprint density at radius 3 is 1.85 bits per heavy atom. The van der Waals surface area contributed by atoms with Gasteiger partial charge < -0.3 is 4.43 Å². The Hall–Kier alpha value is -0.903. The average Bonchev–Trinajstić information content (AvgIpc) is 2.67.